The van der Waals surface area contributed by atoms with Gasteiger partial charge in [0.2, 0.25) is 11.8 Å². The first-order chi connectivity index (χ1) is 19.9. The van der Waals surface area contributed by atoms with Crippen molar-refractivity contribution in [1.29, 1.82) is 5.26 Å². The summed E-state index contributed by atoms with van der Waals surface area (Å²) >= 11 is 0. The molecule has 4 aromatic carbocycles. The van der Waals surface area contributed by atoms with E-state index < -0.39 is 17.5 Å². The third kappa shape index (κ3) is 7.75. The molecule has 0 heterocycles. The van der Waals surface area contributed by atoms with E-state index in [1.54, 1.807) is 54.6 Å². The van der Waals surface area contributed by atoms with Gasteiger partial charge in [0.1, 0.15) is 17.4 Å². The number of nitrogens with zero attached hydrogens (tertiary/aromatic N) is 2. The molecule has 9 heteroatoms. The fourth-order valence-corrected chi connectivity index (χ4v) is 4.14. The molecule has 0 bridgehead atoms. The minimum Gasteiger partial charge on any atom is -0.455 e. The predicted octanol–water partition coefficient (Wildman–Crippen LogP) is 5.72. The van der Waals surface area contributed by atoms with Gasteiger partial charge in [0.25, 0.3) is 0 Å². The molecular formula is C32H28F2N4O3. The highest BCUT2D eigenvalue weighted by Crippen LogP contribution is 2.34. The Morgan fingerprint density at radius 3 is 2.29 bits per heavy atom. The zero-order valence-corrected chi connectivity index (χ0v) is 22.1. The molecule has 0 saturated heterocycles. The van der Waals surface area contributed by atoms with Crippen molar-refractivity contribution in [2.24, 2.45) is 5.73 Å². The quantitative estimate of drug-likeness (QED) is 0.247. The van der Waals surface area contributed by atoms with Crippen LogP contribution in [0.4, 0.5) is 14.5 Å². The molecule has 4 rings (SSSR count). The lowest BCUT2D eigenvalue weighted by Crippen LogP contribution is -2.32. The second kappa shape index (κ2) is 13.8. The maximum absolute atomic E-state index is 13.9. The van der Waals surface area contributed by atoms with Crippen LogP contribution in [0.15, 0.2) is 91.0 Å². The largest absolute Gasteiger partial charge is 0.455 e. The molecular weight excluding hydrogens is 526 g/mol. The van der Waals surface area contributed by atoms with Gasteiger partial charge in [-0.3, -0.25) is 9.59 Å². The van der Waals surface area contributed by atoms with E-state index >= 15 is 0 Å². The maximum atomic E-state index is 13.9. The molecule has 0 spiro atoms. The number of rotatable bonds is 11. The molecule has 7 nitrogen and oxygen atoms in total. The van der Waals surface area contributed by atoms with Crippen molar-refractivity contribution in [3.8, 4) is 17.6 Å². The first-order valence-corrected chi connectivity index (χ1v) is 12.9. The number of anilines is 1. The number of amides is 2. The molecule has 0 fully saturated rings. The van der Waals surface area contributed by atoms with Gasteiger partial charge in [-0.1, -0.05) is 42.5 Å². The predicted molar refractivity (Wildman–Crippen MR) is 151 cm³/mol. The molecule has 0 atom stereocenters. The summed E-state index contributed by atoms with van der Waals surface area (Å²) in [6, 6.07) is 26.7. The van der Waals surface area contributed by atoms with E-state index in [0.717, 1.165) is 23.3 Å². The van der Waals surface area contributed by atoms with Crippen molar-refractivity contribution >= 4 is 17.5 Å². The fraction of sp³-hybridized carbons (Fsp3) is 0.156. The number of hydrogen-bond donors (Lipinski definition) is 2. The van der Waals surface area contributed by atoms with E-state index in [4.69, 9.17) is 15.7 Å². The highest BCUT2D eigenvalue weighted by Gasteiger charge is 2.22. The van der Waals surface area contributed by atoms with Crippen molar-refractivity contribution in [2.45, 2.75) is 32.5 Å². The van der Waals surface area contributed by atoms with E-state index in [9.17, 15) is 18.4 Å². The van der Waals surface area contributed by atoms with Crippen LogP contribution in [0.3, 0.4) is 0 Å². The van der Waals surface area contributed by atoms with Gasteiger partial charge in [-0.05, 0) is 59.7 Å². The van der Waals surface area contributed by atoms with Crippen molar-refractivity contribution in [1.82, 2.24) is 5.32 Å². The normalized spacial score (nSPS) is 10.5. The van der Waals surface area contributed by atoms with Crippen molar-refractivity contribution in [2.75, 3.05) is 4.90 Å². The van der Waals surface area contributed by atoms with E-state index in [2.05, 4.69) is 11.4 Å². The average Bonchev–Trinajstić information content (AvgIpc) is 2.99. The molecule has 4 aromatic rings. The highest BCUT2D eigenvalue weighted by atomic mass is 19.1. The lowest BCUT2D eigenvalue weighted by Gasteiger charge is -2.25. The van der Waals surface area contributed by atoms with Gasteiger partial charge in [0, 0.05) is 31.5 Å². The van der Waals surface area contributed by atoms with Crippen LogP contribution >= 0.6 is 0 Å². The van der Waals surface area contributed by atoms with Crippen LogP contribution in [-0.4, -0.2) is 11.8 Å². The average molecular weight is 555 g/mol. The van der Waals surface area contributed by atoms with E-state index in [1.165, 1.54) is 11.0 Å². The van der Waals surface area contributed by atoms with Crippen molar-refractivity contribution < 1.29 is 23.1 Å². The molecule has 0 radical (unpaired) electrons. The number of hydrogen-bond acceptors (Lipinski definition) is 5. The Morgan fingerprint density at radius 2 is 1.59 bits per heavy atom. The summed E-state index contributed by atoms with van der Waals surface area (Å²) in [4.78, 5) is 27.6. The van der Waals surface area contributed by atoms with E-state index in [1.807, 2.05) is 18.2 Å². The third-order valence-corrected chi connectivity index (χ3v) is 6.33. The van der Waals surface area contributed by atoms with Crippen molar-refractivity contribution in [3.63, 3.8) is 0 Å². The number of para-hydroxylation sites is 2. The molecule has 0 aliphatic carbocycles. The molecule has 208 valence electrons. The monoisotopic (exact) mass is 554 g/mol. The van der Waals surface area contributed by atoms with Gasteiger partial charge in [0.05, 0.1) is 23.9 Å². The topological polar surface area (TPSA) is 108 Å². The molecule has 0 unspecified atom stereocenters. The first kappa shape index (κ1) is 28.9. The number of carbonyl (C=O) groups excluding carboxylic acids is 2. The second-order valence-corrected chi connectivity index (χ2v) is 9.19. The van der Waals surface area contributed by atoms with Gasteiger partial charge in [-0.25, -0.2) is 8.78 Å². The summed E-state index contributed by atoms with van der Waals surface area (Å²) in [5.74, 6) is -1.45. The van der Waals surface area contributed by atoms with Gasteiger partial charge in [0.15, 0.2) is 5.75 Å². The molecule has 2 amide bonds. The molecule has 0 aliphatic rings. The Bertz CT molecular complexity index is 1550. The van der Waals surface area contributed by atoms with Crippen LogP contribution in [0, 0.1) is 23.0 Å². The van der Waals surface area contributed by atoms with Gasteiger partial charge in [-0.2, -0.15) is 5.26 Å². The smallest absolute Gasteiger partial charge is 0.227 e. The van der Waals surface area contributed by atoms with Crippen LogP contribution in [0.1, 0.15) is 35.1 Å². The number of nitriles is 1. The molecule has 41 heavy (non-hydrogen) atoms. The van der Waals surface area contributed by atoms with E-state index in [0.29, 0.717) is 29.3 Å². The second-order valence-electron chi connectivity index (χ2n) is 9.19. The Labute approximate surface area is 236 Å². The van der Waals surface area contributed by atoms with Crippen LogP contribution in [0.25, 0.3) is 0 Å². The standard InChI is InChI=1S/C32H28F2N4O3/c33-27-7-4-8-28(34)26(27)20-37-31(39)15-16-32(40)38(21-23-13-11-22(18-35)12-14-23)29-9-1-2-10-30(29)41-25-6-3-5-24(17-25)19-36/h1-14,17H,15-16,19-21,36H2,(H,37,39). The summed E-state index contributed by atoms with van der Waals surface area (Å²) in [5, 5.41) is 11.6. The van der Waals surface area contributed by atoms with Gasteiger partial charge in [-0.15, -0.1) is 0 Å². The molecule has 0 aromatic heterocycles. The summed E-state index contributed by atoms with van der Waals surface area (Å²) < 4.78 is 34.0. The third-order valence-electron chi connectivity index (χ3n) is 6.33. The minimum atomic E-state index is -0.761. The zero-order chi connectivity index (χ0) is 29.2. The SMILES string of the molecule is N#Cc1ccc(CN(C(=O)CCC(=O)NCc2c(F)cccc2F)c2ccccc2Oc2cccc(CN)c2)cc1. The highest BCUT2D eigenvalue weighted by molar-refractivity contribution is 5.96. The number of ether oxygens (including phenoxy) is 1. The maximum Gasteiger partial charge on any atom is 0.227 e. The summed E-state index contributed by atoms with van der Waals surface area (Å²) in [5.41, 5.74) is 8.12. The minimum absolute atomic E-state index is 0.149. The lowest BCUT2D eigenvalue weighted by molar-refractivity contribution is -0.125. The van der Waals surface area contributed by atoms with Crippen LogP contribution in [0.5, 0.6) is 11.5 Å². The first-order valence-electron chi connectivity index (χ1n) is 12.9. The van der Waals surface area contributed by atoms with E-state index in [-0.39, 0.29) is 37.4 Å². The fourth-order valence-electron chi connectivity index (χ4n) is 4.14. The Morgan fingerprint density at radius 1 is 0.878 bits per heavy atom. The van der Waals surface area contributed by atoms with Crippen LogP contribution in [0.2, 0.25) is 0 Å². The number of nitrogens with two attached hydrogens (primary N) is 1. The molecule has 0 saturated carbocycles. The Kier molecular flexibility index (Phi) is 9.75. The van der Waals surface area contributed by atoms with Gasteiger partial charge < -0.3 is 20.7 Å². The molecule has 0 aliphatic heterocycles. The van der Waals surface area contributed by atoms with Crippen molar-refractivity contribution in [3.05, 3.63) is 125 Å². The number of halogens is 2. The zero-order valence-electron chi connectivity index (χ0n) is 22.1. The molecule has 3 N–H and O–H groups in total. The Hall–Kier alpha value is -5.07. The Balaban J connectivity index is 1.53. The number of nitrogens with one attached hydrogen (secondary N) is 1. The summed E-state index contributed by atoms with van der Waals surface area (Å²) in [6.07, 6.45) is -0.362. The van der Waals surface area contributed by atoms with Crippen LogP contribution < -0.4 is 20.7 Å². The number of benzene rings is 4. The number of carbonyl (C=O) groups is 2. The van der Waals surface area contributed by atoms with Gasteiger partial charge >= 0.3 is 0 Å². The summed E-state index contributed by atoms with van der Waals surface area (Å²) in [7, 11) is 0. The van der Waals surface area contributed by atoms with Crippen LogP contribution in [-0.2, 0) is 29.2 Å². The lowest BCUT2D eigenvalue weighted by atomic mass is 10.1. The summed E-state index contributed by atoms with van der Waals surface area (Å²) in [6.45, 7) is 0.155.